The van der Waals surface area contributed by atoms with Crippen LogP contribution in [0.1, 0.15) is 17.2 Å². The molecule has 0 fully saturated rings. The van der Waals surface area contributed by atoms with Crippen molar-refractivity contribution in [3.05, 3.63) is 29.6 Å². The Bertz CT molecular complexity index is 440. The van der Waals surface area contributed by atoms with Crippen LogP contribution in [0.2, 0.25) is 0 Å². The van der Waals surface area contributed by atoms with E-state index in [0.717, 1.165) is 23.8 Å². The quantitative estimate of drug-likeness (QED) is 0.701. The van der Waals surface area contributed by atoms with Crippen LogP contribution in [0.25, 0.3) is 0 Å². The van der Waals surface area contributed by atoms with Crippen molar-refractivity contribution in [3.8, 4) is 0 Å². The third kappa shape index (κ3) is 1.53. The number of hydrogen-bond donors (Lipinski definition) is 0. The number of rotatable bonds is 2. The summed E-state index contributed by atoms with van der Waals surface area (Å²) in [6, 6.07) is 2.06. The normalized spacial score (nSPS) is 10.8. The summed E-state index contributed by atoms with van der Waals surface area (Å²) < 4.78 is 3.73. The van der Waals surface area contributed by atoms with Crippen molar-refractivity contribution < 1.29 is 0 Å². The predicted molar refractivity (Wildman–Crippen MR) is 51.8 cm³/mol. The molecule has 0 aliphatic heterocycles. The molecule has 0 spiro atoms. The Labute approximate surface area is 82.4 Å². The molecule has 0 bridgehead atoms. The summed E-state index contributed by atoms with van der Waals surface area (Å²) in [5.41, 5.74) is 2.16. The number of aromatic nitrogens is 5. The Morgan fingerprint density at radius 2 is 2.14 bits per heavy atom. The maximum absolute atomic E-state index is 4.28. The zero-order chi connectivity index (χ0) is 10.1. The molecule has 74 valence electrons. The fourth-order valence-corrected chi connectivity index (χ4v) is 1.44. The highest BCUT2D eigenvalue weighted by molar-refractivity contribution is 5.09. The summed E-state index contributed by atoms with van der Waals surface area (Å²) in [7, 11) is 1.94. The van der Waals surface area contributed by atoms with E-state index in [1.807, 2.05) is 30.3 Å². The molecule has 2 aromatic heterocycles. The van der Waals surface area contributed by atoms with Crippen LogP contribution < -0.4 is 0 Å². The van der Waals surface area contributed by atoms with E-state index in [1.54, 1.807) is 6.33 Å². The predicted octanol–water partition coefficient (Wildman–Crippen LogP) is 0.677. The van der Waals surface area contributed by atoms with Gasteiger partial charge in [-0.2, -0.15) is 10.2 Å². The smallest absolute Gasteiger partial charge is 0.138 e. The van der Waals surface area contributed by atoms with Gasteiger partial charge in [0.1, 0.15) is 12.2 Å². The molecule has 14 heavy (non-hydrogen) atoms. The highest BCUT2D eigenvalue weighted by Crippen LogP contribution is 2.04. The molecule has 5 nitrogen and oxygen atoms in total. The summed E-state index contributed by atoms with van der Waals surface area (Å²) >= 11 is 0. The van der Waals surface area contributed by atoms with Crippen LogP contribution in [0.3, 0.4) is 0 Å². The van der Waals surface area contributed by atoms with Gasteiger partial charge < -0.3 is 0 Å². The van der Waals surface area contributed by atoms with Crippen molar-refractivity contribution in [3.63, 3.8) is 0 Å². The molecule has 0 N–H and O–H groups in total. The maximum Gasteiger partial charge on any atom is 0.138 e. The van der Waals surface area contributed by atoms with Gasteiger partial charge >= 0.3 is 0 Å². The molecule has 0 aliphatic carbocycles. The molecule has 0 aromatic carbocycles. The van der Waals surface area contributed by atoms with E-state index in [2.05, 4.69) is 21.2 Å². The lowest BCUT2D eigenvalue weighted by atomic mass is 10.3. The number of aryl methyl sites for hydroxylation is 3. The van der Waals surface area contributed by atoms with Crippen LogP contribution >= 0.6 is 0 Å². The van der Waals surface area contributed by atoms with E-state index in [1.165, 1.54) is 0 Å². The minimum atomic E-state index is 0.725. The second-order valence-corrected chi connectivity index (χ2v) is 3.37. The molecule has 0 aliphatic rings. The molecule has 2 rings (SSSR count). The molecule has 0 atom stereocenters. The first kappa shape index (κ1) is 8.93. The van der Waals surface area contributed by atoms with Crippen molar-refractivity contribution in [2.75, 3.05) is 0 Å². The standard InChI is InChI=1S/C9H13N5/c1-7-4-9(13(3)12-7)5-14-8(2)10-6-11-14/h4,6H,5H2,1-3H3. The van der Waals surface area contributed by atoms with Gasteiger partial charge in [-0.15, -0.1) is 0 Å². The number of hydrogen-bond acceptors (Lipinski definition) is 3. The summed E-state index contributed by atoms with van der Waals surface area (Å²) in [5.74, 6) is 0.920. The van der Waals surface area contributed by atoms with E-state index in [9.17, 15) is 0 Å². The maximum atomic E-state index is 4.28. The van der Waals surface area contributed by atoms with Crippen LogP contribution in [0, 0.1) is 13.8 Å². The van der Waals surface area contributed by atoms with Crippen molar-refractivity contribution >= 4 is 0 Å². The first-order chi connectivity index (χ1) is 6.66. The average molecular weight is 191 g/mol. The number of nitrogens with zero attached hydrogens (tertiary/aromatic N) is 5. The van der Waals surface area contributed by atoms with Crippen molar-refractivity contribution in [2.45, 2.75) is 20.4 Å². The Hall–Kier alpha value is -1.65. The molecule has 0 saturated carbocycles. The van der Waals surface area contributed by atoms with Crippen LogP contribution in [-0.4, -0.2) is 24.5 Å². The van der Waals surface area contributed by atoms with E-state index in [-0.39, 0.29) is 0 Å². The van der Waals surface area contributed by atoms with Gasteiger partial charge in [0.25, 0.3) is 0 Å². The lowest BCUT2D eigenvalue weighted by Gasteiger charge is -2.02. The molecule has 0 radical (unpaired) electrons. The van der Waals surface area contributed by atoms with Crippen LogP contribution in [-0.2, 0) is 13.6 Å². The monoisotopic (exact) mass is 191 g/mol. The van der Waals surface area contributed by atoms with E-state index in [4.69, 9.17) is 0 Å². The highest BCUT2D eigenvalue weighted by atomic mass is 15.4. The molecule has 0 amide bonds. The van der Waals surface area contributed by atoms with Gasteiger partial charge in [0.2, 0.25) is 0 Å². The SMILES string of the molecule is Cc1cc(Cn2ncnc2C)n(C)n1. The van der Waals surface area contributed by atoms with Gasteiger partial charge in [-0.25, -0.2) is 9.67 Å². The third-order valence-electron chi connectivity index (χ3n) is 2.22. The Kier molecular flexibility index (Phi) is 2.07. The molecular formula is C9H13N5. The van der Waals surface area contributed by atoms with Gasteiger partial charge in [-0.3, -0.25) is 4.68 Å². The summed E-state index contributed by atoms with van der Waals surface area (Å²) in [6.45, 7) is 4.65. The van der Waals surface area contributed by atoms with E-state index < -0.39 is 0 Å². The molecule has 0 unspecified atom stereocenters. The van der Waals surface area contributed by atoms with Crippen molar-refractivity contribution in [1.82, 2.24) is 24.5 Å². The molecular weight excluding hydrogens is 178 g/mol. The van der Waals surface area contributed by atoms with Crippen LogP contribution in [0.15, 0.2) is 12.4 Å². The summed E-state index contributed by atoms with van der Waals surface area (Å²) in [4.78, 5) is 4.07. The second kappa shape index (κ2) is 3.25. The summed E-state index contributed by atoms with van der Waals surface area (Å²) in [6.07, 6.45) is 1.57. The van der Waals surface area contributed by atoms with Crippen molar-refractivity contribution in [1.29, 1.82) is 0 Å². The van der Waals surface area contributed by atoms with Gasteiger partial charge in [-0.1, -0.05) is 0 Å². The van der Waals surface area contributed by atoms with Crippen LogP contribution in [0.4, 0.5) is 0 Å². The molecule has 2 heterocycles. The largest absolute Gasteiger partial charge is 0.270 e. The van der Waals surface area contributed by atoms with E-state index in [0.29, 0.717) is 0 Å². The Morgan fingerprint density at radius 1 is 1.36 bits per heavy atom. The summed E-state index contributed by atoms with van der Waals surface area (Å²) in [5, 5.41) is 8.40. The second-order valence-electron chi connectivity index (χ2n) is 3.37. The topological polar surface area (TPSA) is 48.5 Å². The fourth-order valence-electron chi connectivity index (χ4n) is 1.44. The van der Waals surface area contributed by atoms with E-state index >= 15 is 0 Å². The minimum Gasteiger partial charge on any atom is -0.270 e. The van der Waals surface area contributed by atoms with Gasteiger partial charge in [0, 0.05) is 7.05 Å². The van der Waals surface area contributed by atoms with Gasteiger partial charge in [-0.05, 0) is 19.9 Å². The first-order valence-corrected chi connectivity index (χ1v) is 4.51. The zero-order valence-corrected chi connectivity index (χ0v) is 8.60. The molecule has 0 saturated heterocycles. The fraction of sp³-hybridized carbons (Fsp3) is 0.444. The third-order valence-corrected chi connectivity index (χ3v) is 2.22. The van der Waals surface area contributed by atoms with Gasteiger partial charge in [0.15, 0.2) is 0 Å². The Balaban J connectivity index is 2.27. The van der Waals surface area contributed by atoms with Crippen LogP contribution in [0.5, 0.6) is 0 Å². The van der Waals surface area contributed by atoms with Crippen molar-refractivity contribution in [2.24, 2.45) is 7.05 Å². The molecule has 5 heteroatoms. The highest BCUT2D eigenvalue weighted by Gasteiger charge is 2.05. The lowest BCUT2D eigenvalue weighted by molar-refractivity contribution is 0.604. The average Bonchev–Trinajstić information content (AvgIpc) is 2.62. The molecule has 2 aromatic rings. The minimum absolute atomic E-state index is 0.725. The first-order valence-electron chi connectivity index (χ1n) is 4.51. The Morgan fingerprint density at radius 3 is 2.64 bits per heavy atom. The zero-order valence-electron chi connectivity index (χ0n) is 8.60. The lowest BCUT2D eigenvalue weighted by Crippen LogP contribution is -2.08. The van der Waals surface area contributed by atoms with Gasteiger partial charge in [0.05, 0.1) is 17.9 Å².